The molecule has 0 aliphatic rings. The van der Waals surface area contributed by atoms with E-state index in [4.69, 9.17) is 15.2 Å². The fourth-order valence-corrected chi connectivity index (χ4v) is 1.72. The number of ether oxygens (including phenoxy) is 2. The van der Waals surface area contributed by atoms with Crippen LogP contribution < -0.4 is 10.5 Å². The molecule has 2 N–H and O–H groups in total. The SMILES string of the molecule is COCCOc1ccc(-n2nnc(CN)c2C)cc1. The third kappa shape index (κ3) is 3.10. The quantitative estimate of drug-likeness (QED) is 0.788. The Hall–Kier alpha value is -1.92. The first-order chi connectivity index (χ1) is 9.26. The molecule has 0 fully saturated rings. The van der Waals surface area contributed by atoms with Gasteiger partial charge in [-0.25, -0.2) is 4.68 Å². The van der Waals surface area contributed by atoms with Gasteiger partial charge in [-0.3, -0.25) is 0 Å². The van der Waals surface area contributed by atoms with Crippen LogP contribution in [0.4, 0.5) is 0 Å². The van der Waals surface area contributed by atoms with E-state index in [2.05, 4.69) is 10.3 Å². The van der Waals surface area contributed by atoms with E-state index in [0.717, 1.165) is 22.8 Å². The van der Waals surface area contributed by atoms with E-state index >= 15 is 0 Å². The molecule has 6 nitrogen and oxygen atoms in total. The summed E-state index contributed by atoms with van der Waals surface area (Å²) in [6.45, 7) is 3.45. The maximum atomic E-state index is 5.59. The highest BCUT2D eigenvalue weighted by molar-refractivity contribution is 5.38. The Bertz CT molecular complexity index is 522. The predicted octanol–water partition coefficient (Wildman–Crippen LogP) is 1.06. The van der Waals surface area contributed by atoms with Crippen LogP contribution in [0.2, 0.25) is 0 Å². The Morgan fingerprint density at radius 3 is 2.53 bits per heavy atom. The molecule has 1 aromatic heterocycles. The van der Waals surface area contributed by atoms with Crippen molar-refractivity contribution in [3.63, 3.8) is 0 Å². The molecule has 0 saturated heterocycles. The molecule has 0 bridgehead atoms. The Morgan fingerprint density at radius 1 is 1.21 bits per heavy atom. The van der Waals surface area contributed by atoms with E-state index in [1.54, 1.807) is 11.8 Å². The van der Waals surface area contributed by atoms with Crippen molar-refractivity contribution in [2.45, 2.75) is 13.5 Å². The third-order valence-electron chi connectivity index (χ3n) is 2.82. The van der Waals surface area contributed by atoms with Crippen molar-refractivity contribution in [1.29, 1.82) is 0 Å². The molecular weight excluding hydrogens is 244 g/mol. The minimum absolute atomic E-state index is 0.393. The molecule has 0 amide bonds. The van der Waals surface area contributed by atoms with Crippen molar-refractivity contribution in [3.05, 3.63) is 35.7 Å². The van der Waals surface area contributed by atoms with Crippen molar-refractivity contribution in [2.24, 2.45) is 5.73 Å². The standard InChI is InChI=1S/C13H18N4O2/c1-10-13(9-14)15-16-17(10)11-3-5-12(6-4-11)19-8-7-18-2/h3-6H,7-9,14H2,1-2H3. The van der Waals surface area contributed by atoms with Gasteiger partial charge < -0.3 is 15.2 Å². The lowest BCUT2D eigenvalue weighted by Crippen LogP contribution is -2.05. The first-order valence-electron chi connectivity index (χ1n) is 6.09. The number of rotatable bonds is 6. The number of methoxy groups -OCH3 is 1. The normalized spacial score (nSPS) is 10.7. The zero-order chi connectivity index (χ0) is 13.7. The number of aromatic nitrogens is 3. The lowest BCUT2D eigenvalue weighted by atomic mass is 10.3. The third-order valence-corrected chi connectivity index (χ3v) is 2.82. The average Bonchev–Trinajstić information content (AvgIpc) is 2.81. The van der Waals surface area contributed by atoms with Crippen molar-refractivity contribution in [2.75, 3.05) is 20.3 Å². The molecule has 2 rings (SSSR count). The highest BCUT2D eigenvalue weighted by atomic mass is 16.5. The first-order valence-corrected chi connectivity index (χ1v) is 6.09. The Morgan fingerprint density at radius 2 is 1.95 bits per heavy atom. The van der Waals surface area contributed by atoms with Gasteiger partial charge in [-0.1, -0.05) is 5.21 Å². The van der Waals surface area contributed by atoms with Crippen LogP contribution in [0.25, 0.3) is 5.69 Å². The van der Waals surface area contributed by atoms with Crippen molar-refractivity contribution >= 4 is 0 Å². The Balaban J connectivity index is 2.11. The number of benzene rings is 1. The molecule has 0 radical (unpaired) electrons. The molecule has 102 valence electrons. The van der Waals surface area contributed by atoms with Gasteiger partial charge in [-0.15, -0.1) is 5.10 Å². The van der Waals surface area contributed by atoms with Gasteiger partial charge in [0, 0.05) is 13.7 Å². The largest absolute Gasteiger partial charge is 0.491 e. The molecule has 0 unspecified atom stereocenters. The second-order valence-corrected chi connectivity index (χ2v) is 4.07. The van der Waals surface area contributed by atoms with E-state index in [-0.39, 0.29) is 0 Å². The highest BCUT2D eigenvalue weighted by Gasteiger charge is 2.08. The summed E-state index contributed by atoms with van der Waals surface area (Å²) in [6.07, 6.45) is 0. The van der Waals surface area contributed by atoms with Crippen LogP contribution in [0, 0.1) is 6.92 Å². The molecule has 6 heteroatoms. The summed E-state index contributed by atoms with van der Waals surface area (Å²) in [4.78, 5) is 0. The number of nitrogens with zero attached hydrogens (tertiary/aromatic N) is 3. The maximum absolute atomic E-state index is 5.59. The molecule has 0 spiro atoms. The van der Waals surface area contributed by atoms with E-state index in [0.29, 0.717) is 19.8 Å². The molecular formula is C13H18N4O2. The van der Waals surface area contributed by atoms with Crippen molar-refractivity contribution in [1.82, 2.24) is 15.0 Å². The summed E-state index contributed by atoms with van der Waals surface area (Å²) in [6, 6.07) is 7.66. The summed E-state index contributed by atoms with van der Waals surface area (Å²) in [5.41, 5.74) is 8.28. The fourth-order valence-electron chi connectivity index (χ4n) is 1.72. The summed E-state index contributed by atoms with van der Waals surface area (Å²) in [5, 5.41) is 8.12. The molecule has 1 aromatic carbocycles. The van der Waals surface area contributed by atoms with Gasteiger partial charge >= 0.3 is 0 Å². The van der Waals surface area contributed by atoms with Crippen LogP contribution in [-0.4, -0.2) is 35.3 Å². The van der Waals surface area contributed by atoms with E-state index in [1.807, 2.05) is 31.2 Å². The monoisotopic (exact) mass is 262 g/mol. The summed E-state index contributed by atoms with van der Waals surface area (Å²) in [7, 11) is 1.65. The van der Waals surface area contributed by atoms with Gasteiger partial charge in [0.2, 0.25) is 0 Å². The molecule has 0 aliphatic carbocycles. The fraction of sp³-hybridized carbons (Fsp3) is 0.385. The molecule has 0 saturated carbocycles. The van der Waals surface area contributed by atoms with Crippen molar-refractivity contribution in [3.8, 4) is 11.4 Å². The number of nitrogens with two attached hydrogens (primary N) is 1. The number of hydrogen-bond donors (Lipinski definition) is 1. The first kappa shape index (κ1) is 13.5. The van der Waals surface area contributed by atoms with Gasteiger partial charge in [0.1, 0.15) is 12.4 Å². The molecule has 19 heavy (non-hydrogen) atoms. The number of hydrogen-bond acceptors (Lipinski definition) is 5. The lowest BCUT2D eigenvalue weighted by molar-refractivity contribution is 0.146. The topological polar surface area (TPSA) is 75.2 Å². The zero-order valence-electron chi connectivity index (χ0n) is 11.2. The Labute approximate surface area is 112 Å². The van der Waals surface area contributed by atoms with E-state index < -0.39 is 0 Å². The van der Waals surface area contributed by atoms with Crippen LogP contribution in [0.3, 0.4) is 0 Å². The minimum Gasteiger partial charge on any atom is -0.491 e. The van der Waals surface area contributed by atoms with Gasteiger partial charge in [0.05, 0.1) is 23.7 Å². The predicted molar refractivity (Wildman–Crippen MR) is 71.4 cm³/mol. The van der Waals surface area contributed by atoms with Crippen LogP contribution in [-0.2, 0) is 11.3 Å². The van der Waals surface area contributed by atoms with E-state index in [1.165, 1.54) is 0 Å². The van der Waals surface area contributed by atoms with Gasteiger partial charge in [-0.2, -0.15) is 0 Å². The minimum atomic E-state index is 0.393. The van der Waals surface area contributed by atoms with E-state index in [9.17, 15) is 0 Å². The zero-order valence-corrected chi connectivity index (χ0v) is 11.2. The molecule has 0 atom stereocenters. The summed E-state index contributed by atoms with van der Waals surface area (Å²) >= 11 is 0. The molecule has 1 heterocycles. The van der Waals surface area contributed by atoms with Gasteiger partial charge in [-0.05, 0) is 31.2 Å². The van der Waals surface area contributed by atoms with Gasteiger partial charge in [0.15, 0.2) is 0 Å². The van der Waals surface area contributed by atoms with Gasteiger partial charge in [0.25, 0.3) is 0 Å². The van der Waals surface area contributed by atoms with Crippen LogP contribution in [0.5, 0.6) is 5.75 Å². The maximum Gasteiger partial charge on any atom is 0.119 e. The van der Waals surface area contributed by atoms with Crippen LogP contribution in [0.15, 0.2) is 24.3 Å². The van der Waals surface area contributed by atoms with Crippen molar-refractivity contribution < 1.29 is 9.47 Å². The molecule has 0 aliphatic heterocycles. The second-order valence-electron chi connectivity index (χ2n) is 4.07. The average molecular weight is 262 g/mol. The summed E-state index contributed by atoms with van der Waals surface area (Å²) < 4.78 is 12.2. The van der Waals surface area contributed by atoms with Crippen LogP contribution in [0.1, 0.15) is 11.4 Å². The highest BCUT2D eigenvalue weighted by Crippen LogP contribution is 2.16. The second kappa shape index (κ2) is 6.31. The Kier molecular flexibility index (Phi) is 4.48. The lowest BCUT2D eigenvalue weighted by Gasteiger charge is -2.07. The molecule has 2 aromatic rings. The summed E-state index contributed by atoms with van der Waals surface area (Å²) in [5.74, 6) is 0.803. The smallest absolute Gasteiger partial charge is 0.119 e. The van der Waals surface area contributed by atoms with Crippen LogP contribution >= 0.6 is 0 Å².